The lowest BCUT2D eigenvalue weighted by molar-refractivity contribution is 0.568. The lowest BCUT2D eigenvalue weighted by Crippen LogP contribution is -2.38. The predicted molar refractivity (Wildman–Crippen MR) is 118 cm³/mol. The van der Waals surface area contributed by atoms with E-state index in [0.717, 1.165) is 17.7 Å². The molecule has 6 nitrogen and oxygen atoms in total. The molecule has 0 aliphatic carbocycles. The number of nitrogens with one attached hydrogen (secondary N) is 3. The average Bonchev–Trinajstić information content (AvgIpc) is 3.16. The predicted octanol–water partition coefficient (Wildman–Crippen LogP) is 3.04. The molecule has 0 bridgehead atoms. The molecule has 3 N–H and O–H groups in total. The van der Waals surface area contributed by atoms with Crippen LogP contribution in [0.1, 0.15) is 43.4 Å². The third-order valence-electron chi connectivity index (χ3n) is 4.24. The SMILES string of the molecule is CN=C(NCc1ccccc1CS(=O)(=O)NC(C)C)NCC(C)c1ccsc1. The van der Waals surface area contributed by atoms with Crippen molar-refractivity contribution in [2.24, 2.45) is 4.99 Å². The maximum atomic E-state index is 12.3. The summed E-state index contributed by atoms with van der Waals surface area (Å²) in [5, 5.41) is 10.9. The molecule has 0 saturated carbocycles. The Labute approximate surface area is 172 Å². The summed E-state index contributed by atoms with van der Waals surface area (Å²) in [6, 6.07) is 9.58. The van der Waals surface area contributed by atoms with E-state index >= 15 is 0 Å². The largest absolute Gasteiger partial charge is 0.356 e. The molecule has 28 heavy (non-hydrogen) atoms. The third kappa shape index (κ3) is 7.26. The molecular formula is C20H30N4O2S2. The van der Waals surface area contributed by atoms with Gasteiger partial charge in [-0.3, -0.25) is 4.99 Å². The molecule has 1 unspecified atom stereocenters. The number of hydrogen-bond acceptors (Lipinski definition) is 4. The summed E-state index contributed by atoms with van der Waals surface area (Å²) in [6.07, 6.45) is 0. The van der Waals surface area contributed by atoms with Crippen LogP contribution < -0.4 is 15.4 Å². The normalized spacial score (nSPS) is 13.5. The summed E-state index contributed by atoms with van der Waals surface area (Å²) < 4.78 is 27.2. The first kappa shape index (κ1) is 22.4. The molecule has 8 heteroatoms. The van der Waals surface area contributed by atoms with Gasteiger partial charge < -0.3 is 10.6 Å². The van der Waals surface area contributed by atoms with Crippen LogP contribution in [-0.4, -0.2) is 34.0 Å². The van der Waals surface area contributed by atoms with Crippen molar-refractivity contribution in [1.29, 1.82) is 0 Å². The van der Waals surface area contributed by atoms with Crippen LogP contribution >= 0.6 is 11.3 Å². The Balaban J connectivity index is 1.95. The van der Waals surface area contributed by atoms with E-state index in [1.807, 2.05) is 38.1 Å². The number of guanidine groups is 1. The van der Waals surface area contributed by atoms with E-state index in [4.69, 9.17) is 0 Å². The van der Waals surface area contributed by atoms with E-state index in [1.165, 1.54) is 5.56 Å². The zero-order valence-corrected chi connectivity index (χ0v) is 18.5. The molecule has 154 valence electrons. The molecule has 2 aromatic rings. The Bertz CT molecular complexity index is 862. The van der Waals surface area contributed by atoms with Crippen molar-refractivity contribution in [2.75, 3.05) is 13.6 Å². The van der Waals surface area contributed by atoms with Gasteiger partial charge in [-0.25, -0.2) is 13.1 Å². The minimum Gasteiger partial charge on any atom is -0.356 e. The number of nitrogens with zero attached hydrogens (tertiary/aromatic N) is 1. The van der Waals surface area contributed by atoms with Gasteiger partial charge >= 0.3 is 0 Å². The van der Waals surface area contributed by atoms with Gasteiger partial charge in [-0.2, -0.15) is 11.3 Å². The molecule has 1 heterocycles. The number of rotatable bonds is 9. The first-order chi connectivity index (χ1) is 13.3. The quantitative estimate of drug-likeness (QED) is 0.428. The Morgan fingerprint density at radius 3 is 2.43 bits per heavy atom. The zero-order valence-electron chi connectivity index (χ0n) is 16.9. The van der Waals surface area contributed by atoms with Crippen LogP contribution in [0, 0.1) is 0 Å². The second-order valence-corrected chi connectivity index (χ2v) is 9.60. The van der Waals surface area contributed by atoms with Gasteiger partial charge in [-0.05, 0) is 53.3 Å². The molecule has 0 amide bonds. The summed E-state index contributed by atoms with van der Waals surface area (Å²) in [6.45, 7) is 7.07. The Hall–Kier alpha value is -1.90. The Morgan fingerprint density at radius 1 is 1.11 bits per heavy atom. The fourth-order valence-corrected chi connectivity index (χ4v) is 5.07. The molecule has 0 aliphatic heterocycles. The first-order valence-electron chi connectivity index (χ1n) is 9.34. The van der Waals surface area contributed by atoms with Crippen molar-refractivity contribution in [1.82, 2.24) is 15.4 Å². The van der Waals surface area contributed by atoms with E-state index in [1.54, 1.807) is 18.4 Å². The number of aliphatic imine (C=N–C) groups is 1. The molecule has 0 spiro atoms. The molecule has 1 aromatic heterocycles. The highest BCUT2D eigenvalue weighted by Crippen LogP contribution is 2.17. The van der Waals surface area contributed by atoms with Crippen molar-refractivity contribution in [3.05, 3.63) is 57.8 Å². The van der Waals surface area contributed by atoms with Gasteiger partial charge in [0.2, 0.25) is 10.0 Å². The molecule has 1 aromatic carbocycles. The van der Waals surface area contributed by atoms with E-state index in [-0.39, 0.29) is 11.8 Å². The second kappa shape index (κ2) is 10.6. The maximum absolute atomic E-state index is 12.3. The highest BCUT2D eigenvalue weighted by molar-refractivity contribution is 7.88. The van der Waals surface area contributed by atoms with Crippen LogP contribution in [0.15, 0.2) is 46.1 Å². The van der Waals surface area contributed by atoms with Crippen molar-refractivity contribution in [3.63, 3.8) is 0 Å². The van der Waals surface area contributed by atoms with Crippen molar-refractivity contribution < 1.29 is 8.42 Å². The second-order valence-electron chi connectivity index (χ2n) is 7.06. The topological polar surface area (TPSA) is 82.6 Å². The van der Waals surface area contributed by atoms with Crippen molar-refractivity contribution in [2.45, 2.75) is 45.0 Å². The summed E-state index contributed by atoms with van der Waals surface area (Å²) >= 11 is 1.70. The summed E-state index contributed by atoms with van der Waals surface area (Å²) in [4.78, 5) is 4.27. The minimum absolute atomic E-state index is 0.0374. The average molecular weight is 423 g/mol. The summed E-state index contributed by atoms with van der Waals surface area (Å²) in [5.41, 5.74) is 3.02. The highest BCUT2D eigenvalue weighted by atomic mass is 32.2. The van der Waals surface area contributed by atoms with Crippen LogP contribution in [0.25, 0.3) is 0 Å². The summed E-state index contributed by atoms with van der Waals surface area (Å²) in [7, 11) is -1.64. The molecule has 0 saturated heterocycles. The van der Waals surface area contributed by atoms with E-state index in [0.29, 0.717) is 18.4 Å². The summed E-state index contributed by atoms with van der Waals surface area (Å²) in [5.74, 6) is 1.04. The molecule has 0 radical (unpaired) electrons. The molecule has 0 fully saturated rings. The number of sulfonamides is 1. The number of benzene rings is 1. The Kier molecular flexibility index (Phi) is 8.47. The molecule has 0 aliphatic rings. The van der Waals surface area contributed by atoms with Gasteiger partial charge in [0.1, 0.15) is 0 Å². The Morgan fingerprint density at radius 2 is 1.82 bits per heavy atom. The van der Waals surface area contributed by atoms with Gasteiger partial charge in [0, 0.05) is 26.2 Å². The molecular weight excluding hydrogens is 392 g/mol. The van der Waals surface area contributed by atoms with Gasteiger partial charge in [-0.15, -0.1) is 0 Å². The lowest BCUT2D eigenvalue weighted by Gasteiger charge is -2.17. The van der Waals surface area contributed by atoms with E-state index < -0.39 is 10.0 Å². The number of thiophene rings is 1. The van der Waals surface area contributed by atoms with Crippen LogP contribution in [0.4, 0.5) is 0 Å². The van der Waals surface area contributed by atoms with Gasteiger partial charge in [0.05, 0.1) is 5.75 Å². The first-order valence-corrected chi connectivity index (χ1v) is 11.9. The number of hydrogen-bond donors (Lipinski definition) is 3. The van der Waals surface area contributed by atoms with Crippen LogP contribution in [0.5, 0.6) is 0 Å². The van der Waals surface area contributed by atoms with Crippen molar-refractivity contribution in [3.8, 4) is 0 Å². The highest BCUT2D eigenvalue weighted by Gasteiger charge is 2.15. The monoisotopic (exact) mass is 422 g/mol. The van der Waals surface area contributed by atoms with Crippen molar-refractivity contribution >= 4 is 27.3 Å². The maximum Gasteiger partial charge on any atom is 0.216 e. The fraction of sp³-hybridized carbons (Fsp3) is 0.450. The van der Waals surface area contributed by atoms with Crippen LogP contribution in [-0.2, 0) is 22.3 Å². The van der Waals surface area contributed by atoms with E-state index in [9.17, 15) is 8.42 Å². The minimum atomic E-state index is -3.37. The molecule has 2 rings (SSSR count). The van der Waals surface area contributed by atoms with Crippen LogP contribution in [0.2, 0.25) is 0 Å². The van der Waals surface area contributed by atoms with Gasteiger partial charge in [-0.1, -0.05) is 31.2 Å². The third-order valence-corrected chi connectivity index (χ3v) is 6.46. The fourth-order valence-electron chi connectivity index (χ4n) is 2.80. The van der Waals surface area contributed by atoms with Gasteiger partial charge in [0.15, 0.2) is 5.96 Å². The van der Waals surface area contributed by atoms with Crippen LogP contribution in [0.3, 0.4) is 0 Å². The lowest BCUT2D eigenvalue weighted by atomic mass is 10.1. The molecule has 1 atom stereocenters. The van der Waals surface area contributed by atoms with Gasteiger partial charge in [0.25, 0.3) is 0 Å². The smallest absolute Gasteiger partial charge is 0.216 e. The zero-order chi connectivity index (χ0) is 20.6. The standard InChI is InChI=1S/C20H30N4O2S2/c1-15(2)24-28(25,26)14-19-8-6-5-7-17(19)12-23-20(21-4)22-11-16(3)18-9-10-27-13-18/h5-10,13,15-16,24H,11-12,14H2,1-4H3,(H2,21,22,23). The van der Waals surface area contributed by atoms with E-state index in [2.05, 4.69) is 44.1 Å².